The second-order valence-corrected chi connectivity index (χ2v) is 9.45. The Kier molecular flexibility index (Phi) is 4.83. The summed E-state index contributed by atoms with van der Waals surface area (Å²) in [6.45, 7) is 1.83. The lowest BCUT2D eigenvalue weighted by molar-refractivity contribution is 0.102. The Bertz CT molecular complexity index is 1190. The number of halogens is 1. The number of aromatic nitrogens is 2. The molecular formula is C19H17FN4O3S2. The van der Waals surface area contributed by atoms with Gasteiger partial charge in [0.1, 0.15) is 5.82 Å². The molecule has 2 heterocycles. The van der Waals surface area contributed by atoms with Gasteiger partial charge in [-0.15, -0.1) is 0 Å². The van der Waals surface area contributed by atoms with Crippen molar-refractivity contribution < 1.29 is 17.6 Å². The maximum Gasteiger partial charge on any atom is 0.257 e. The van der Waals surface area contributed by atoms with Gasteiger partial charge >= 0.3 is 0 Å². The summed E-state index contributed by atoms with van der Waals surface area (Å²) in [6.07, 6.45) is 1.71. The van der Waals surface area contributed by atoms with Crippen molar-refractivity contribution in [1.29, 1.82) is 0 Å². The fourth-order valence-corrected chi connectivity index (χ4v) is 5.26. The molecular weight excluding hydrogens is 415 g/mol. The van der Waals surface area contributed by atoms with Crippen molar-refractivity contribution in [3.05, 3.63) is 59.4 Å². The zero-order valence-corrected chi connectivity index (χ0v) is 17.2. The molecule has 2 aromatic carbocycles. The highest BCUT2D eigenvalue weighted by Crippen LogP contribution is 2.35. The van der Waals surface area contributed by atoms with Crippen molar-refractivity contribution in [2.75, 3.05) is 15.9 Å². The zero-order chi connectivity index (χ0) is 20.8. The normalized spacial score (nSPS) is 16.0. The summed E-state index contributed by atoms with van der Waals surface area (Å²) in [7, 11) is -3.38. The molecule has 4 rings (SSSR count). The molecule has 1 aliphatic heterocycles. The predicted molar refractivity (Wildman–Crippen MR) is 110 cm³/mol. The molecule has 150 valence electrons. The molecule has 29 heavy (non-hydrogen) atoms. The Balaban J connectivity index is 1.53. The van der Waals surface area contributed by atoms with E-state index in [2.05, 4.69) is 14.7 Å². The van der Waals surface area contributed by atoms with Crippen LogP contribution >= 0.6 is 11.5 Å². The fourth-order valence-electron chi connectivity index (χ4n) is 3.41. The van der Waals surface area contributed by atoms with Gasteiger partial charge in [-0.05, 0) is 61.4 Å². The highest BCUT2D eigenvalue weighted by atomic mass is 32.2. The molecule has 1 aliphatic rings. The molecule has 3 aromatic rings. The molecule has 0 bridgehead atoms. The molecule has 0 saturated heterocycles. The van der Waals surface area contributed by atoms with Gasteiger partial charge in [-0.2, -0.15) is 9.36 Å². The first-order valence-electron chi connectivity index (χ1n) is 8.76. The van der Waals surface area contributed by atoms with Gasteiger partial charge < -0.3 is 0 Å². The van der Waals surface area contributed by atoms with E-state index in [1.807, 2.05) is 6.92 Å². The topological polar surface area (TPSA) is 92.3 Å². The number of amides is 1. The Morgan fingerprint density at radius 1 is 1.24 bits per heavy atom. The van der Waals surface area contributed by atoms with Crippen LogP contribution < -0.4 is 9.62 Å². The van der Waals surface area contributed by atoms with Gasteiger partial charge in [0.15, 0.2) is 5.82 Å². The van der Waals surface area contributed by atoms with E-state index in [4.69, 9.17) is 0 Å². The lowest BCUT2D eigenvalue weighted by Crippen LogP contribution is -2.34. The third-order valence-corrected chi connectivity index (χ3v) is 6.50. The molecule has 0 saturated carbocycles. The average Bonchev–Trinajstić information content (AvgIpc) is 3.24. The number of hydrogen-bond donors (Lipinski definition) is 1. The molecule has 0 spiro atoms. The minimum atomic E-state index is -3.38. The van der Waals surface area contributed by atoms with E-state index in [9.17, 15) is 17.6 Å². The molecule has 10 heteroatoms. The number of carbonyl (C=O) groups excluding carboxylic acids is 1. The number of fused-ring (bicyclic) bond motifs is 1. The fraction of sp³-hybridized carbons (Fsp3) is 0.211. The minimum absolute atomic E-state index is 0.195. The van der Waals surface area contributed by atoms with E-state index in [0.717, 1.165) is 17.1 Å². The summed E-state index contributed by atoms with van der Waals surface area (Å²) in [6, 6.07) is 10.5. The summed E-state index contributed by atoms with van der Waals surface area (Å²) in [5, 5.41) is 3.02. The lowest BCUT2D eigenvalue weighted by Gasteiger charge is -2.21. The zero-order valence-electron chi connectivity index (χ0n) is 15.6. The van der Waals surface area contributed by atoms with Gasteiger partial charge in [0, 0.05) is 28.7 Å². The smallest absolute Gasteiger partial charge is 0.257 e. The minimum Gasteiger partial charge on any atom is -0.297 e. The van der Waals surface area contributed by atoms with Crippen LogP contribution in [-0.4, -0.2) is 36.0 Å². The highest BCUT2D eigenvalue weighted by molar-refractivity contribution is 7.92. The van der Waals surface area contributed by atoms with Crippen molar-refractivity contribution in [1.82, 2.24) is 9.36 Å². The monoisotopic (exact) mass is 432 g/mol. The SMILES string of the molecule is CC1Cc2cc(C(=O)Nc3nc(-c4ccc(F)cc4)ns3)ccc2N1S(C)(=O)=O. The van der Waals surface area contributed by atoms with Gasteiger partial charge in [-0.3, -0.25) is 14.4 Å². The van der Waals surface area contributed by atoms with Gasteiger partial charge in [0.2, 0.25) is 15.2 Å². The molecule has 1 aromatic heterocycles. The summed E-state index contributed by atoms with van der Waals surface area (Å²) in [5.74, 6) is -0.310. The molecule has 0 fully saturated rings. The lowest BCUT2D eigenvalue weighted by atomic mass is 10.1. The van der Waals surface area contributed by atoms with Crippen molar-refractivity contribution >= 4 is 38.3 Å². The van der Waals surface area contributed by atoms with E-state index in [-0.39, 0.29) is 17.8 Å². The van der Waals surface area contributed by atoms with E-state index in [1.165, 1.54) is 22.7 Å². The third kappa shape index (κ3) is 3.85. The second kappa shape index (κ2) is 7.20. The van der Waals surface area contributed by atoms with Gasteiger partial charge in [0.05, 0.1) is 11.9 Å². The number of anilines is 2. The summed E-state index contributed by atoms with van der Waals surface area (Å²) in [4.78, 5) is 16.9. The van der Waals surface area contributed by atoms with Crippen molar-refractivity contribution in [3.63, 3.8) is 0 Å². The van der Waals surface area contributed by atoms with Crippen molar-refractivity contribution in [3.8, 4) is 11.4 Å². The van der Waals surface area contributed by atoms with Gasteiger partial charge in [-0.1, -0.05) is 0 Å². The van der Waals surface area contributed by atoms with Crippen molar-refractivity contribution in [2.24, 2.45) is 0 Å². The molecule has 1 N–H and O–H groups in total. The average molecular weight is 433 g/mol. The first-order valence-corrected chi connectivity index (χ1v) is 11.4. The number of sulfonamides is 1. The van der Waals surface area contributed by atoms with Crippen LogP contribution in [0.2, 0.25) is 0 Å². The Morgan fingerprint density at radius 2 is 1.97 bits per heavy atom. The third-order valence-electron chi connectivity index (χ3n) is 4.60. The van der Waals surface area contributed by atoms with Crippen LogP contribution in [0.15, 0.2) is 42.5 Å². The Labute approximate surface area is 171 Å². The number of carbonyl (C=O) groups is 1. The first kappa shape index (κ1) is 19.5. The van der Waals surface area contributed by atoms with Gasteiger partial charge in [0.25, 0.3) is 5.91 Å². The number of nitrogens with zero attached hydrogens (tertiary/aromatic N) is 3. The molecule has 7 nitrogen and oxygen atoms in total. The van der Waals surface area contributed by atoms with E-state index in [0.29, 0.717) is 34.2 Å². The number of rotatable bonds is 4. The summed E-state index contributed by atoms with van der Waals surface area (Å²) in [5.41, 5.74) is 2.46. The van der Waals surface area contributed by atoms with E-state index in [1.54, 1.807) is 30.3 Å². The van der Waals surface area contributed by atoms with Crippen LogP contribution in [0.1, 0.15) is 22.8 Å². The Hall–Kier alpha value is -2.85. The number of hydrogen-bond acceptors (Lipinski definition) is 6. The summed E-state index contributed by atoms with van der Waals surface area (Å²) < 4.78 is 42.6. The van der Waals surface area contributed by atoms with E-state index < -0.39 is 10.0 Å². The molecule has 1 atom stereocenters. The Morgan fingerprint density at radius 3 is 2.66 bits per heavy atom. The molecule has 0 radical (unpaired) electrons. The summed E-state index contributed by atoms with van der Waals surface area (Å²) >= 11 is 1.03. The molecule has 0 aliphatic carbocycles. The molecule has 1 amide bonds. The van der Waals surface area contributed by atoms with Crippen LogP contribution in [0, 0.1) is 5.82 Å². The molecule has 1 unspecified atom stereocenters. The van der Waals surface area contributed by atoms with Crippen LogP contribution in [-0.2, 0) is 16.4 Å². The first-order chi connectivity index (χ1) is 13.7. The maximum absolute atomic E-state index is 13.0. The standard InChI is InChI=1S/C19H17FN4O3S2/c1-11-9-14-10-13(5-8-16(14)24(11)29(2,26)27)18(25)22-19-21-17(23-28-19)12-3-6-15(20)7-4-12/h3-8,10-11H,9H2,1-2H3,(H,21,22,23,25). The maximum atomic E-state index is 13.0. The van der Waals surface area contributed by atoms with E-state index >= 15 is 0 Å². The number of benzene rings is 2. The van der Waals surface area contributed by atoms with Crippen LogP contribution in [0.4, 0.5) is 15.2 Å². The van der Waals surface area contributed by atoms with Crippen LogP contribution in [0.5, 0.6) is 0 Å². The second-order valence-electron chi connectivity index (χ2n) is 6.84. The van der Waals surface area contributed by atoms with Gasteiger partial charge in [-0.25, -0.2) is 12.8 Å². The quantitative estimate of drug-likeness (QED) is 0.683. The van der Waals surface area contributed by atoms with Crippen LogP contribution in [0.25, 0.3) is 11.4 Å². The van der Waals surface area contributed by atoms with Crippen molar-refractivity contribution in [2.45, 2.75) is 19.4 Å². The highest BCUT2D eigenvalue weighted by Gasteiger charge is 2.32. The largest absolute Gasteiger partial charge is 0.297 e. The predicted octanol–water partition coefficient (Wildman–Crippen LogP) is 3.31. The van der Waals surface area contributed by atoms with Crippen LogP contribution in [0.3, 0.4) is 0 Å². The number of nitrogens with one attached hydrogen (secondary N) is 1.